The number of benzene rings is 1. The zero-order chi connectivity index (χ0) is 14.1. The summed E-state index contributed by atoms with van der Waals surface area (Å²) in [5.74, 6) is 0.897. The van der Waals surface area contributed by atoms with Crippen LogP contribution in [0.3, 0.4) is 0 Å². The smallest absolute Gasteiger partial charge is 0.232 e. The van der Waals surface area contributed by atoms with Crippen molar-refractivity contribution in [1.29, 1.82) is 0 Å². The Morgan fingerprint density at radius 1 is 1.25 bits per heavy atom. The number of carbonyl (C=O) groups is 1. The maximum Gasteiger partial charge on any atom is 0.232 e. The van der Waals surface area contributed by atoms with Gasteiger partial charge in [-0.25, -0.2) is 9.97 Å². The first-order valence-corrected chi connectivity index (χ1v) is 6.21. The summed E-state index contributed by atoms with van der Waals surface area (Å²) in [5.41, 5.74) is 1.46. The number of anilines is 1. The molecule has 0 aliphatic heterocycles. The molecule has 0 aliphatic carbocycles. The number of furan rings is 1. The second-order valence-electron chi connectivity index (χ2n) is 4.47. The molecule has 0 saturated carbocycles. The molecule has 20 heavy (non-hydrogen) atoms. The van der Waals surface area contributed by atoms with Gasteiger partial charge < -0.3 is 4.42 Å². The molecule has 5 nitrogen and oxygen atoms in total. The fourth-order valence-corrected chi connectivity index (χ4v) is 1.90. The van der Waals surface area contributed by atoms with Crippen molar-refractivity contribution in [2.45, 2.75) is 6.92 Å². The molecule has 1 amide bonds. The SMILES string of the molecule is CC(=O)N(C)c1nccc(-c2cc3ccccc3o2)n1. The summed E-state index contributed by atoms with van der Waals surface area (Å²) >= 11 is 0. The van der Waals surface area contributed by atoms with E-state index in [1.54, 1.807) is 19.3 Å². The minimum absolute atomic E-state index is 0.119. The van der Waals surface area contributed by atoms with Gasteiger partial charge in [0.25, 0.3) is 0 Å². The van der Waals surface area contributed by atoms with Crippen LogP contribution in [0, 0.1) is 0 Å². The van der Waals surface area contributed by atoms with E-state index in [-0.39, 0.29) is 5.91 Å². The van der Waals surface area contributed by atoms with Crippen LogP contribution < -0.4 is 4.90 Å². The maximum atomic E-state index is 11.4. The molecule has 0 unspecified atom stereocenters. The van der Waals surface area contributed by atoms with E-state index in [1.165, 1.54) is 11.8 Å². The van der Waals surface area contributed by atoms with Crippen LogP contribution in [-0.2, 0) is 4.79 Å². The fraction of sp³-hybridized carbons (Fsp3) is 0.133. The predicted molar refractivity (Wildman–Crippen MR) is 76.3 cm³/mol. The summed E-state index contributed by atoms with van der Waals surface area (Å²) in [6.07, 6.45) is 1.62. The highest BCUT2D eigenvalue weighted by molar-refractivity contribution is 5.89. The van der Waals surface area contributed by atoms with Crippen molar-refractivity contribution >= 4 is 22.8 Å². The quantitative estimate of drug-likeness (QED) is 0.716. The number of aromatic nitrogens is 2. The van der Waals surface area contributed by atoms with Gasteiger partial charge in [0.05, 0.1) is 0 Å². The molecule has 0 saturated heterocycles. The van der Waals surface area contributed by atoms with Crippen molar-refractivity contribution in [3.8, 4) is 11.5 Å². The normalized spacial score (nSPS) is 10.7. The van der Waals surface area contributed by atoms with Crippen LogP contribution in [0.15, 0.2) is 47.0 Å². The molecular formula is C15H13N3O2. The lowest BCUT2D eigenvalue weighted by atomic mass is 10.2. The van der Waals surface area contributed by atoms with E-state index in [2.05, 4.69) is 9.97 Å². The number of fused-ring (bicyclic) bond motifs is 1. The number of hydrogen-bond donors (Lipinski definition) is 0. The van der Waals surface area contributed by atoms with Crippen molar-refractivity contribution in [2.75, 3.05) is 11.9 Å². The molecule has 2 aromatic heterocycles. The van der Waals surface area contributed by atoms with E-state index in [9.17, 15) is 4.79 Å². The average Bonchev–Trinajstić information content (AvgIpc) is 2.90. The van der Waals surface area contributed by atoms with Crippen molar-refractivity contribution in [2.24, 2.45) is 0 Å². The van der Waals surface area contributed by atoms with Gasteiger partial charge in [-0.3, -0.25) is 9.69 Å². The van der Waals surface area contributed by atoms with Gasteiger partial charge in [0.1, 0.15) is 11.3 Å². The third kappa shape index (κ3) is 2.14. The second-order valence-corrected chi connectivity index (χ2v) is 4.47. The number of para-hydroxylation sites is 1. The number of nitrogens with zero attached hydrogens (tertiary/aromatic N) is 3. The first-order chi connectivity index (χ1) is 9.65. The number of rotatable bonds is 2. The molecule has 0 fully saturated rings. The van der Waals surface area contributed by atoms with E-state index in [0.29, 0.717) is 17.4 Å². The highest BCUT2D eigenvalue weighted by Crippen LogP contribution is 2.26. The van der Waals surface area contributed by atoms with Crippen molar-refractivity contribution in [3.63, 3.8) is 0 Å². The first-order valence-electron chi connectivity index (χ1n) is 6.21. The highest BCUT2D eigenvalue weighted by atomic mass is 16.3. The third-order valence-corrected chi connectivity index (χ3v) is 3.09. The molecule has 3 rings (SSSR count). The summed E-state index contributed by atoms with van der Waals surface area (Å²) in [4.78, 5) is 21.2. The summed E-state index contributed by atoms with van der Waals surface area (Å²) in [6.45, 7) is 1.47. The van der Waals surface area contributed by atoms with E-state index in [1.807, 2.05) is 30.3 Å². The van der Waals surface area contributed by atoms with Crippen LogP contribution in [0.2, 0.25) is 0 Å². The Hall–Kier alpha value is -2.69. The van der Waals surface area contributed by atoms with Gasteiger partial charge in [0, 0.05) is 25.6 Å². The van der Waals surface area contributed by atoms with Gasteiger partial charge in [0.15, 0.2) is 5.76 Å². The fourth-order valence-electron chi connectivity index (χ4n) is 1.90. The van der Waals surface area contributed by atoms with E-state index in [0.717, 1.165) is 11.0 Å². The molecule has 0 bridgehead atoms. The van der Waals surface area contributed by atoms with Gasteiger partial charge >= 0.3 is 0 Å². The van der Waals surface area contributed by atoms with Gasteiger partial charge in [-0.15, -0.1) is 0 Å². The monoisotopic (exact) mass is 267 g/mol. The lowest BCUT2D eigenvalue weighted by Gasteiger charge is -2.12. The van der Waals surface area contributed by atoms with Gasteiger partial charge in [0.2, 0.25) is 11.9 Å². The summed E-state index contributed by atoms with van der Waals surface area (Å²) in [5, 5.41) is 1.02. The van der Waals surface area contributed by atoms with E-state index < -0.39 is 0 Å². The van der Waals surface area contributed by atoms with Crippen LogP contribution in [0.1, 0.15) is 6.92 Å². The molecule has 0 N–H and O–H groups in total. The predicted octanol–water partition coefficient (Wildman–Crippen LogP) is 2.87. The Balaban J connectivity index is 2.05. The summed E-state index contributed by atoms with van der Waals surface area (Å²) < 4.78 is 5.76. The second kappa shape index (κ2) is 4.77. The number of carbonyl (C=O) groups excluding carboxylic acids is 1. The minimum Gasteiger partial charge on any atom is -0.454 e. The molecule has 0 spiro atoms. The average molecular weight is 267 g/mol. The molecule has 0 radical (unpaired) electrons. The largest absolute Gasteiger partial charge is 0.454 e. The minimum atomic E-state index is -0.119. The Kier molecular flexibility index (Phi) is 2.95. The zero-order valence-corrected chi connectivity index (χ0v) is 11.2. The lowest BCUT2D eigenvalue weighted by molar-refractivity contribution is -0.116. The molecule has 0 atom stereocenters. The Morgan fingerprint density at radius 2 is 2.05 bits per heavy atom. The van der Waals surface area contributed by atoms with Crippen LogP contribution in [0.4, 0.5) is 5.95 Å². The molecule has 0 aliphatic rings. The molecule has 1 aromatic carbocycles. The number of hydrogen-bond acceptors (Lipinski definition) is 4. The molecule has 100 valence electrons. The standard InChI is InChI=1S/C15H13N3O2/c1-10(19)18(2)15-16-8-7-12(17-15)14-9-11-5-3-4-6-13(11)20-14/h3-9H,1-2H3. The van der Waals surface area contributed by atoms with Crippen LogP contribution in [-0.4, -0.2) is 22.9 Å². The maximum absolute atomic E-state index is 11.4. The lowest BCUT2D eigenvalue weighted by Crippen LogP contribution is -2.24. The van der Waals surface area contributed by atoms with Gasteiger partial charge in [-0.2, -0.15) is 0 Å². The van der Waals surface area contributed by atoms with Crippen molar-refractivity contribution in [3.05, 3.63) is 42.6 Å². The van der Waals surface area contributed by atoms with Crippen LogP contribution in [0.25, 0.3) is 22.4 Å². The highest BCUT2D eigenvalue weighted by Gasteiger charge is 2.12. The topological polar surface area (TPSA) is 59.2 Å². The van der Waals surface area contributed by atoms with E-state index in [4.69, 9.17) is 4.42 Å². The first kappa shape index (κ1) is 12.3. The van der Waals surface area contributed by atoms with Crippen LogP contribution in [0.5, 0.6) is 0 Å². The molecule has 5 heteroatoms. The van der Waals surface area contributed by atoms with Crippen molar-refractivity contribution < 1.29 is 9.21 Å². The van der Waals surface area contributed by atoms with Crippen LogP contribution >= 0.6 is 0 Å². The van der Waals surface area contributed by atoms with Gasteiger partial charge in [-0.1, -0.05) is 18.2 Å². The Bertz CT molecular complexity index is 746. The number of amides is 1. The molecule has 3 aromatic rings. The Morgan fingerprint density at radius 3 is 2.80 bits per heavy atom. The van der Waals surface area contributed by atoms with Crippen molar-refractivity contribution in [1.82, 2.24) is 9.97 Å². The van der Waals surface area contributed by atoms with Gasteiger partial charge in [-0.05, 0) is 18.2 Å². The summed E-state index contributed by atoms with van der Waals surface area (Å²) in [7, 11) is 1.64. The third-order valence-electron chi connectivity index (χ3n) is 3.09. The van der Waals surface area contributed by atoms with E-state index >= 15 is 0 Å². The summed E-state index contributed by atoms with van der Waals surface area (Å²) in [6, 6.07) is 11.4. The molecule has 2 heterocycles. The zero-order valence-electron chi connectivity index (χ0n) is 11.2. The molecular weight excluding hydrogens is 254 g/mol. The Labute approximate surface area is 115 Å².